The lowest BCUT2D eigenvalue weighted by Gasteiger charge is -2.36. The van der Waals surface area contributed by atoms with Crippen molar-refractivity contribution in [2.75, 3.05) is 46.9 Å². The highest BCUT2D eigenvalue weighted by atomic mass is 35.5. The van der Waals surface area contributed by atoms with Gasteiger partial charge in [-0.2, -0.15) is 13.2 Å². The smallest absolute Gasteiger partial charge is 0.416 e. The normalized spacial score (nSPS) is 15.2. The number of benzene rings is 3. The molecule has 0 aromatic heterocycles. The van der Waals surface area contributed by atoms with Crippen LogP contribution < -0.4 is 9.47 Å². The Morgan fingerprint density at radius 1 is 0.923 bits per heavy atom. The Morgan fingerprint density at radius 2 is 1.59 bits per heavy atom. The van der Waals surface area contributed by atoms with Crippen LogP contribution in [0.1, 0.15) is 33.2 Å². The molecule has 0 radical (unpaired) electrons. The van der Waals surface area contributed by atoms with Crippen molar-refractivity contribution in [2.45, 2.75) is 18.9 Å². The minimum Gasteiger partial charge on any atom is -0.497 e. The molecule has 6 nitrogen and oxygen atoms in total. The Balaban J connectivity index is 1.39. The monoisotopic (exact) mass is 562 g/mol. The van der Waals surface area contributed by atoms with Crippen molar-refractivity contribution in [1.82, 2.24) is 9.80 Å². The maximum Gasteiger partial charge on any atom is 0.416 e. The van der Waals surface area contributed by atoms with Crippen molar-refractivity contribution < 1.29 is 32.2 Å². The van der Waals surface area contributed by atoms with E-state index in [0.29, 0.717) is 60.4 Å². The van der Waals surface area contributed by atoms with Gasteiger partial charge in [0.05, 0.1) is 38.1 Å². The molecule has 1 amide bonds. The predicted octanol–water partition coefficient (Wildman–Crippen LogP) is 6.09. The van der Waals surface area contributed by atoms with Crippen molar-refractivity contribution in [2.24, 2.45) is 0 Å². The van der Waals surface area contributed by atoms with E-state index in [-0.39, 0.29) is 18.6 Å². The zero-order valence-corrected chi connectivity index (χ0v) is 22.5. The molecule has 3 aromatic rings. The number of carbonyl (C=O) groups is 1. The third kappa shape index (κ3) is 7.44. The Hall–Kier alpha value is -3.27. The fourth-order valence-electron chi connectivity index (χ4n) is 4.43. The van der Waals surface area contributed by atoms with Crippen LogP contribution in [0.3, 0.4) is 0 Å². The zero-order valence-electron chi connectivity index (χ0n) is 21.7. The van der Waals surface area contributed by atoms with Gasteiger partial charge in [0.2, 0.25) is 0 Å². The third-order valence-corrected chi connectivity index (χ3v) is 6.95. The summed E-state index contributed by atoms with van der Waals surface area (Å²) < 4.78 is 55.5. The van der Waals surface area contributed by atoms with Crippen LogP contribution >= 0.6 is 11.6 Å². The molecule has 0 spiro atoms. The number of nitrogens with zero attached hydrogens (tertiary/aromatic N) is 2. The van der Waals surface area contributed by atoms with Gasteiger partial charge in [0.25, 0.3) is 5.91 Å². The number of piperazine rings is 1. The molecule has 39 heavy (non-hydrogen) atoms. The number of amides is 1. The first-order chi connectivity index (χ1) is 18.7. The van der Waals surface area contributed by atoms with Gasteiger partial charge in [-0.05, 0) is 47.5 Å². The lowest BCUT2D eigenvalue weighted by atomic mass is 10.1. The van der Waals surface area contributed by atoms with Crippen LogP contribution in [0.5, 0.6) is 11.5 Å². The van der Waals surface area contributed by atoms with Crippen LogP contribution in [-0.4, -0.2) is 62.7 Å². The van der Waals surface area contributed by atoms with Gasteiger partial charge in [0.15, 0.2) is 0 Å². The van der Waals surface area contributed by atoms with Gasteiger partial charge in [0, 0.05) is 43.8 Å². The molecular formula is C29H30ClF3N2O4. The molecule has 1 heterocycles. The van der Waals surface area contributed by atoms with E-state index in [1.165, 1.54) is 19.2 Å². The van der Waals surface area contributed by atoms with Gasteiger partial charge < -0.3 is 19.1 Å². The highest BCUT2D eigenvalue weighted by Gasteiger charge is 2.30. The van der Waals surface area contributed by atoms with Crippen molar-refractivity contribution in [3.8, 4) is 11.5 Å². The van der Waals surface area contributed by atoms with E-state index in [4.69, 9.17) is 25.8 Å². The van der Waals surface area contributed by atoms with Crippen molar-refractivity contribution in [3.05, 3.63) is 94.0 Å². The van der Waals surface area contributed by atoms with Gasteiger partial charge in [-0.25, -0.2) is 0 Å². The third-order valence-electron chi connectivity index (χ3n) is 6.70. The zero-order chi connectivity index (χ0) is 28.0. The molecule has 0 saturated carbocycles. The predicted molar refractivity (Wildman–Crippen MR) is 142 cm³/mol. The maximum absolute atomic E-state index is 13.2. The average molecular weight is 563 g/mol. The summed E-state index contributed by atoms with van der Waals surface area (Å²) in [5, 5.41) is 0.598. The number of carbonyl (C=O) groups excluding carboxylic acids is 1. The molecule has 1 saturated heterocycles. The number of hydrogen-bond acceptors (Lipinski definition) is 5. The molecule has 1 aliphatic rings. The first-order valence-corrected chi connectivity index (χ1v) is 12.8. The van der Waals surface area contributed by atoms with E-state index in [1.807, 2.05) is 12.1 Å². The molecule has 1 aliphatic heterocycles. The number of rotatable bonds is 9. The highest BCUT2D eigenvalue weighted by Crippen LogP contribution is 2.30. The molecule has 0 bridgehead atoms. The lowest BCUT2D eigenvalue weighted by Crippen LogP contribution is -2.49. The number of methoxy groups -OCH3 is 2. The van der Waals surface area contributed by atoms with Crippen LogP contribution in [0.15, 0.2) is 66.7 Å². The van der Waals surface area contributed by atoms with E-state index >= 15 is 0 Å². The van der Waals surface area contributed by atoms with Crippen LogP contribution in [0, 0.1) is 0 Å². The summed E-state index contributed by atoms with van der Waals surface area (Å²) in [6.07, 6.45) is -4.72. The van der Waals surface area contributed by atoms with Gasteiger partial charge in [-0.1, -0.05) is 35.9 Å². The molecular weight excluding hydrogens is 533 g/mol. The fraction of sp³-hybridized carbons (Fsp3) is 0.345. The first-order valence-electron chi connectivity index (χ1n) is 12.4. The van der Waals surface area contributed by atoms with Crippen LogP contribution in [-0.2, 0) is 17.5 Å². The minimum absolute atomic E-state index is 0.109. The molecule has 0 N–H and O–H groups in total. The van der Waals surface area contributed by atoms with E-state index < -0.39 is 11.7 Å². The molecule has 0 aliphatic carbocycles. The van der Waals surface area contributed by atoms with Crippen LogP contribution in [0.4, 0.5) is 13.2 Å². The fourth-order valence-corrected chi connectivity index (χ4v) is 4.56. The average Bonchev–Trinajstić information content (AvgIpc) is 2.95. The van der Waals surface area contributed by atoms with E-state index in [0.717, 1.165) is 17.7 Å². The topological polar surface area (TPSA) is 51.2 Å². The molecule has 1 unspecified atom stereocenters. The highest BCUT2D eigenvalue weighted by molar-refractivity contribution is 6.30. The summed E-state index contributed by atoms with van der Waals surface area (Å²) in [6, 6.07) is 17.4. The summed E-state index contributed by atoms with van der Waals surface area (Å²) in [6.45, 7) is 3.04. The van der Waals surface area contributed by atoms with Crippen molar-refractivity contribution in [1.29, 1.82) is 0 Å². The molecule has 1 fully saturated rings. The second kappa shape index (κ2) is 12.7. The Morgan fingerprint density at radius 3 is 2.18 bits per heavy atom. The second-order valence-corrected chi connectivity index (χ2v) is 9.64. The second-order valence-electron chi connectivity index (χ2n) is 9.20. The molecule has 1 atom stereocenters. The molecule has 208 valence electrons. The molecule has 10 heteroatoms. The Bertz CT molecular complexity index is 1240. The van der Waals surface area contributed by atoms with Crippen molar-refractivity contribution >= 4 is 17.5 Å². The van der Waals surface area contributed by atoms with Gasteiger partial charge in [-0.15, -0.1) is 0 Å². The molecule has 4 rings (SSSR count). The molecule has 3 aromatic carbocycles. The van der Waals surface area contributed by atoms with Crippen LogP contribution in [0.2, 0.25) is 5.02 Å². The number of ether oxygens (including phenoxy) is 3. The standard InChI is InChI=1S/C29H30ClF3N2O4/c1-37-24-11-12-25(26(17-24)38-2)28(36)35-15-13-34(14-16-35)18-27(21-5-9-23(30)10-6-21)39-19-20-3-7-22(8-4-20)29(31,32)33/h3-12,17,27H,13-16,18-19H2,1-2H3. The quantitative estimate of drug-likeness (QED) is 0.316. The Kier molecular flexibility index (Phi) is 9.37. The summed E-state index contributed by atoms with van der Waals surface area (Å²) in [5.74, 6) is 0.959. The van der Waals surface area contributed by atoms with Gasteiger partial charge in [-0.3, -0.25) is 9.69 Å². The van der Waals surface area contributed by atoms with E-state index in [9.17, 15) is 18.0 Å². The van der Waals surface area contributed by atoms with E-state index in [2.05, 4.69) is 4.90 Å². The summed E-state index contributed by atoms with van der Waals surface area (Å²) >= 11 is 6.07. The van der Waals surface area contributed by atoms with Crippen LogP contribution in [0.25, 0.3) is 0 Å². The number of halogens is 4. The summed E-state index contributed by atoms with van der Waals surface area (Å²) in [7, 11) is 3.07. The van der Waals surface area contributed by atoms with Crippen molar-refractivity contribution in [3.63, 3.8) is 0 Å². The van der Waals surface area contributed by atoms with Gasteiger partial charge in [0.1, 0.15) is 11.5 Å². The van der Waals surface area contributed by atoms with E-state index in [1.54, 1.807) is 42.3 Å². The minimum atomic E-state index is -4.38. The summed E-state index contributed by atoms with van der Waals surface area (Å²) in [4.78, 5) is 17.2. The lowest BCUT2D eigenvalue weighted by molar-refractivity contribution is -0.137. The van der Waals surface area contributed by atoms with Gasteiger partial charge >= 0.3 is 6.18 Å². The Labute approximate surface area is 230 Å². The number of hydrogen-bond donors (Lipinski definition) is 0. The summed E-state index contributed by atoms with van der Waals surface area (Å²) in [5.41, 5.74) is 1.34. The number of alkyl halides is 3. The SMILES string of the molecule is COc1ccc(C(=O)N2CCN(CC(OCc3ccc(C(F)(F)F)cc3)c3ccc(Cl)cc3)CC2)c(OC)c1. The maximum atomic E-state index is 13.2. The largest absolute Gasteiger partial charge is 0.497 e. The first kappa shape index (κ1) is 28.7.